The summed E-state index contributed by atoms with van der Waals surface area (Å²) < 4.78 is 6.94. The van der Waals surface area contributed by atoms with Crippen LogP contribution in [-0.2, 0) is 9.22 Å². The molecule has 4 heteroatoms. The van der Waals surface area contributed by atoms with Gasteiger partial charge < -0.3 is 9.53 Å². The minimum atomic E-state index is -1.78. The zero-order valence-electron chi connectivity index (χ0n) is 18.0. The summed E-state index contributed by atoms with van der Waals surface area (Å²) in [6, 6.07) is 0. The lowest BCUT2D eigenvalue weighted by atomic mass is 9.50. The van der Waals surface area contributed by atoms with Gasteiger partial charge in [-0.3, -0.25) is 4.79 Å². The minimum absolute atomic E-state index is 0.0142. The Bertz CT molecular complexity index is 566. The maximum Gasteiger partial charge on any atom is 0.192 e. The van der Waals surface area contributed by atoms with E-state index >= 15 is 0 Å². The highest BCUT2D eigenvalue weighted by atomic mass is 28.4. The molecule has 3 nitrogen and oxygen atoms in total. The van der Waals surface area contributed by atoms with Gasteiger partial charge in [0.2, 0.25) is 0 Å². The molecule has 0 amide bonds. The quantitative estimate of drug-likeness (QED) is 0.686. The number of hydrogen-bond donors (Lipinski definition) is 1. The average Bonchev–Trinajstić information content (AvgIpc) is 2.86. The number of aliphatic hydroxyl groups is 1. The smallest absolute Gasteiger partial charge is 0.192 e. The van der Waals surface area contributed by atoms with Crippen LogP contribution >= 0.6 is 0 Å². The number of fused-ring (bicyclic) bond motifs is 3. The summed E-state index contributed by atoms with van der Waals surface area (Å²) in [7, 11) is -1.78. The van der Waals surface area contributed by atoms with Crippen molar-refractivity contribution in [3.05, 3.63) is 0 Å². The van der Waals surface area contributed by atoms with Crippen molar-refractivity contribution in [1.29, 1.82) is 0 Å². The third kappa shape index (κ3) is 2.95. The first-order valence-corrected chi connectivity index (χ1v) is 13.6. The maximum absolute atomic E-state index is 12.6. The Morgan fingerprint density at radius 2 is 1.77 bits per heavy atom. The van der Waals surface area contributed by atoms with Crippen molar-refractivity contribution >= 4 is 14.1 Å². The van der Waals surface area contributed by atoms with E-state index in [2.05, 4.69) is 40.8 Å². The topological polar surface area (TPSA) is 46.5 Å². The third-order valence-corrected chi connectivity index (χ3v) is 13.6. The molecular weight excluding hydrogens is 340 g/mol. The lowest BCUT2D eigenvalue weighted by Gasteiger charge is -2.56. The molecule has 1 N–H and O–H groups in total. The monoisotopic (exact) mass is 380 g/mol. The molecule has 150 valence electrons. The number of carbonyl (C=O) groups is 1. The van der Waals surface area contributed by atoms with Gasteiger partial charge in [-0.2, -0.15) is 0 Å². The number of rotatable bonds is 3. The first-order valence-electron chi connectivity index (χ1n) is 10.7. The lowest BCUT2D eigenvalue weighted by Crippen LogP contribution is -2.55. The summed E-state index contributed by atoms with van der Waals surface area (Å²) in [6.45, 7) is 16.2. The van der Waals surface area contributed by atoms with Gasteiger partial charge in [-0.1, -0.05) is 34.6 Å². The molecule has 0 spiro atoms. The van der Waals surface area contributed by atoms with Crippen molar-refractivity contribution in [2.45, 2.75) is 97.4 Å². The van der Waals surface area contributed by atoms with Gasteiger partial charge in [-0.05, 0) is 73.4 Å². The fraction of sp³-hybridized carbons (Fsp3) is 0.955. The van der Waals surface area contributed by atoms with E-state index in [0.29, 0.717) is 30.3 Å². The van der Waals surface area contributed by atoms with Crippen LogP contribution in [0.4, 0.5) is 0 Å². The number of Topliss-reactive ketones (excluding diaryl/α,β-unsaturated/α-hetero) is 1. The molecule has 0 radical (unpaired) electrons. The van der Waals surface area contributed by atoms with E-state index in [0.717, 1.165) is 19.3 Å². The standard InChI is InChI=1S/C22H40O3Si/c1-20(2,3)26(6,7)25-19-11-9-16-15-8-10-18(24)22(5,14-23)17(15)12-13-21(16,19)4/h15-17,19,23H,8-14H2,1-7H3/t15-,16+,17-,19+,21+,22-/m1/s1. The Kier molecular flexibility index (Phi) is 5.07. The van der Waals surface area contributed by atoms with Gasteiger partial charge in [0.15, 0.2) is 8.32 Å². The average molecular weight is 381 g/mol. The predicted octanol–water partition coefficient (Wildman–Crippen LogP) is 5.18. The summed E-state index contributed by atoms with van der Waals surface area (Å²) in [6.07, 6.45) is 6.64. The molecule has 3 saturated carbocycles. The molecule has 0 aliphatic heterocycles. The van der Waals surface area contributed by atoms with Crippen LogP contribution in [0.3, 0.4) is 0 Å². The van der Waals surface area contributed by atoms with Gasteiger partial charge >= 0.3 is 0 Å². The van der Waals surface area contributed by atoms with E-state index in [1.54, 1.807) is 0 Å². The van der Waals surface area contributed by atoms with E-state index in [1.807, 2.05) is 6.92 Å². The third-order valence-electron chi connectivity index (χ3n) is 9.08. The van der Waals surface area contributed by atoms with Crippen LogP contribution < -0.4 is 0 Å². The van der Waals surface area contributed by atoms with Crippen LogP contribution in [0.25, 0.3) is 0 Å². The highest BCUT2D eigenvalue weighted by Crippen LogP contribution is 2.63. The van der Waals surface area contributed by atoms with Gasteiger partial charge in [0.05, 0.1) is 18.1 Å². The largest absolute Gasteiger partial charge is 0.413 e. The van der Waals surface area contributed by atoms with Gasteiger partial charge in [-0.25, -0.2) is 0 Å². The fourth-order valence-electron chi connectivity index (χ4n) is 6.15. The van der Waals surface area contributed by atoms with Gasteiger partial charge in [0, 0.05) is 6.42 Å². The van der Waals surface area contributed by atoms with Crippen LogP contribution in [0.2, 0.25) is 18.1 Å². The van der Waals surface area contributed by atoms with Crippen LogP contribution in [0.1, 0.15) is 73.1 Å². The first kappa shape index (κ1) is 20.5. The predicted molar refractivity (Wildman–Crippen MR) is 109 cm³/mol. The fourth-order valence-corrected chi connectivity index (χ4v) is 7.61. The second kappa shape index (κ2) is 6.42. The molecule has 0 aromatic heterocycles. The molecule has 3 aliphatic rings. The van der Waals surface area contributed by atoms with Gasteiger partial charge in [-0.15, -0.1) is 0 Å². The molecule has 0 heterocycles. The number of carbonyl (C=O) groups excluding carboxylic acids is 1. The van der Waals surface area contributed by atoms with Crippen LogP contribution in [0, 0.1) is 28.6 Å². The zero-order chi connectivity index (χ0) is 19.5. The molecular formula is C22H40O3Si. The normalized spacial score (nSPS) is 43.9. The Labute approximate surface area is 161 Å². The number of hydrogen-bond acceptors (Lipinski definition) is 3. The summed E-state index contributed by atoms with van der Waals surface area (Å²) in [4.78, 5) is 12.6. The van der Waals surface area contributed by atoms with E-state index in [-0.39, 0.29) is 22.8 Å². The van der Waals surface area contributed by atoms with Crippen molar-refractivity contribution in [1.82, 2.24) is 0 Å². The Morgan fingerprint density at radius 1 is 1.12 bits per heavy atom. The van der Waals surface area contributed by atoms with Gasteiger partial charge in [0.25, 0.3) is 0 Å². The van der Waals surface area contributed by atoms with Crippen LogP contribution in [0.5, 0.6) is 0 Å². The summed E-state index contributed by atoms with van der Waals surface area (Å²) in [5.74, 6) is 1.88. The molecule has 26 heavy (non-hydrogen) atoms. The summed E-state index contributed by atoms with van der Waals surface area (Å²) >= 11 is 0. The van der Waals surface area contributed by atoms with Crippen molar-refractivity contribution in [2.75, 3.05) is 6.61 Å². The highest BCUT2D eigenvalue weighted by molar-refractivity contribution is 6.74. The Morgan fingerprint density at radius 3 is 2.35 bits per heavy atom. The number of aliphatic hydroxyl groups excluding tert-OH is 1. The number of ketones is 1. The SMILES string of the molecule is CC(C)(C)[Si](C)(C)O[C@H]1CC[C@H]2[C@H]3CCC(=O)[C@](C)(CO)[C@@H]3CC[C@]12C. The molecule has 0 aromatic rings. The van der Waals surface area contributed by atoms with Gasteiger partial charge in [0.1, 0.15) is 5.78 Å². The van der Waals surface area contributed by atoms with Crippen molar-refractivity contribution in [2.24, 2.45) is 28.6 Å². The second-order valence-corrected chi connectivity index (χ2v) is 16.2. The van der Waals surface area contributed by atoms with E-state index < -0.39 is 13.7 Å². The molecule has 3 rings (SSSR count). The van der Waals surface area contributed by atoms with Crippen molar-refractivity contribution in [3.63, 3.8) is 0 Å². The van der Waals surface area contributed by atoms with E-state index in [1.165, 1.54) is 12.8 Å². The molecule has 3 fully saturated rings. The van der Waals surface area contributed by atoms with E-state index in [4.69, 9.17) is 4.43 Å². The minimum Gasteiger partial charge on any atom is -0.413 e. The Balaban J connectivity index is 1.83. The van der Waals surface area contributed by atoms with Crippen LogP contribution in [-0.4, -0.2) is 31.9 Å². The molecule has 0 unspecified atom stereocenters. The highest BCUT2D eigenvalue weighted by Gasteiger charge is 2.60. The molecule has 0 bridgehead atoms. The molecule has 3 aliphatic carbocycles. The molecule has 0 saturated heterocycles. The second-order valence-electron chi connectivity index (χ2n) is 11.4. The van der Waals surface area contributed by atoms with Crippen molar-refractivity contribution < 1.29 is 14.3 Å². The summed E-state index contributed by atoms with van der Waals surface area (Å²) in [5.41, 5.74) is -0.268. The van der Waals surface area contributed by atoms with Crippen LogP contribution in [0.15, 0.2) is 0 Å². The summed E-state index contributed by atoms with van der Waals surface area (Å²) in [5, 5.41) is 10.3. The van der Waals surface area contributed by atoms with E-state index in [9.17, 15) is 9.90 Å². The molecule has 6 atom stereocenters. The first-order chi connectivity index (χ1) is 11.9. The Hall–Kier alpha value is -0.193. The van der Waals surface area contributed by atoms with Crippen molar-refractivity contribution in [3.8, 4) is 0 Å². The zero-order valence-corrected chi connectivity index (χ0v) is 19.0. The maximum atomic E-state index is 12.6. The lowest BCUT2D eigenvalue weighted by molar-refractivity contribution is -0.150. The molecule has 0 aromatic carbocycles.